The topological polar surface area (TPSA) is 32.7 Å². The normalized spacial score (nSPS) is 17.7. The number of methoxy groups -OCH3 is 1. The molecule has 0 atom stereocenters. The predicted molar refractivity (Wildman–Crippen MR) is 87.5 cm³/mol. The van der Waals surface area contributed by atoms with Crippen molar-refractivity contribution in [3.63, 3.8) is 0 Å². The summed E-state index contributed by atoms with van der Waals surface area (Å²) in [7, 11) is 3.81. The van der Waals surface area contributed by atoms with Gasteiger partial charge in [-0.05, 0) is 37.6 Å². The zero-order chi connectivity index (χ0) is 15.1. The van der Waals surface area contributed by atoms with Crippen molar-refractivity contribution < 1.29 is 9.84 Å². The second-order valence-electron chi connectivity index (χ2n) is 6.24. The lowest BCUT2D eigenvalue weighted by atomic mass is 9.87. The van der Waals surface area contributed by atoms with Crippen LogP contribution in [0.15, 0.2) is 30.3 Å². The van der Waals surface area contributed by atoms with Crippen LogP contribution >= 0.6 is 0 Å². The van der Waals surface area contributed by atoms with Crippen LogP contribution in [0.25, 0.3) is 6.08 Å². The van der Waals surface area contributed by atoms with Gasteiger partial charge in [-0.25, -0.2) is 0 Å². The van der Waals surface area contributed by atoms with E-state index in [9.17, 15) is 5.11 Å². The van der Waals surface area contributed by atoms with Gasteiger partial charge in [-0.2, -0.15) is 0 Å². The molecule has 0 bridgehead atoms. The summed E-state index contributed by atoms with van der Waals surface area (Å²) < 4.78 is 5.15. The molecule has 1 saturated carbocycles. The zero-order valence-corrected chi connectivity index (χ0v) is 13.2. The number of likely N-dealkylation sites (N-methyl/N-ethyl adjacent to an activating group) is 1. The van der Waals surface area contributed by atoms with E-state index in [4.69, 9.17) is 4.74 Å². The van der Waals surface area contributed by atoms with E-state index in [0.29, 0.717) is 6.61 Å². The molecule has 1 aliphatic carbocycles. The third-order valence-corrected chi connectivity index (χ3v) is 4.45. The van der Waals surface area contributed by atoms with Gasteiger partial charge in [0.25, 0.3) is 0 Å². The number of hydrogen-bond donors (Lipinski definition) is 1. The maximum absolute atomic E-state index is 9.66. The highest BCUT2D eigenvalue weighted by molar-refractivity contribution is 5.50. The van der Waals surface area contributed by atoms with Gasteiger partial charge < -0.3 is 14.7 Å². The quantitative estimate of drug-likeness (QED) is 0.836. The molecule has 0 amide bonds. The van der Waals surface area contributed by atoms with Crippen LogP contribution in [0.2, 0.25) is 0 Å². The molecule has 0 unspecified atom stereocenters. The van der Waals surface area contributed by atoms with Gasteiger partial charge in [0.15, 0.2) is 0 Å². The Morgan fingerprint density at radius 2 is 1.90 bits per heavy atom. The van der Waals surface area contributed by atoms with Crippen LogP contribution < -0.4 is 4.74 Å². The lowest BCUT2D eigenvalue weighted by Crippen LogP contribution is -2.36. The van der Waals surface area contributed by atoms with E-state index in [1.54, 1.807) is 7.11 Å². The van der Waals surface area contributed by atoms with Crippen LogP contribution in [0, 0.1) is 5.41 Å². The highest BCUT2D eigenvalue weighted by Gasteiger charge is 2.33. The van der Waals surface area contributed by atoms with Crippen molar-refractivity contribution in [1.82, 2.24) is 4.90 Å². The van der Waals surface area contributed by atoms with E-state index in [2.05, 4.69) is 36.2 Å². The number of aliphatic hydroxyl groups excluding tert-OH is 1. The van der Waals surface area contributed by atoms with Crippen LogP contribution in [0.5, 0.6) is 5.75 Å². The molecular weight excluding hydrogens is 262 g/mol. The number of aliphatic hydroxyl groups is 1. The molecule has 1 N–H and O–H groups in total. The SMILES string of the molecule is COc1ccc(/C=C/CN(C)CC2(CO)CCCC2)cc1. The van der Waals surface area contributed by atoms with Crippen LogP contribution in [-0.4, -0.2) is 43.9 Å². The fourth-order valence-corrected chi connectivity index (χ4v) is 3.21. The molecule has 0 heterocycles. The Labute approximate surface area is 128 Å². The van der Waals surface area contributed by atoms with Crippen LogP contribution in [0.4, 0.5) is 0 Å². The number of hydrogen-bond acceptors (Lipinski definition) is 3. The lowest BCUT2D eigenvalue weighted by molar-refractivity contribution is 0.0932. The Kier molecular flexibility index (Phi) is 5.83. The molecule has 21 heavy (non-hydrogen) atoms. The summed E-state index contributed by atoms with van der Waals surface area (Å²) in [5.41, 5.74) is 1.32. The number of nitrogens with zero attached hydrogens (tertiary/aromatic N) is 1. The van der Waals surface area contributed by atoms with Gasteiger partial charge in [0.2, 0.25) is 0 Å². The Balaban J connectivity index is 1.82. The van der Waals surface area contributed by atoms with Crippen molar-refractivity contribution in [3.8, 4) is 5.75 Å². The van der Waals surface area contributed by atoms with Gasteiger partial charge in [0.1, 0.15) is 5.75 Å². The minimum Gasteiger partial charge on any atom is -0.497 e. The fourth-order valence-electron chi connectivity index (χ4n) is 3.21. The maximum Gasteiger partial charge on any atom is 0.118 e. The van der Waals surface area contributed by atoms with Crippen LogP contribution in [0.1, 0.15) is 31.2 Å². The second kappa shape index (κ2) is 7.62. The average molecular weight is 289 g/mol. The Morgan fingerprint density at radius 1 is 1.24 bits per heavy atom. The summed E-state index contributed by atoms with van der Waals surface area (Å²) in [6, 6.07) is 8.06. The predicted octanol–water partition coefficient (Wildman–Crippen LogP) is 3.19. The molecule has 116 valence electrons. The first kappa shape index (κ1) is 16.1. The molecule has 1 fully saturated rings. The molecule has 0 radical (unpaired) electrons. The van der Waals surface area contributed by atoms with E-state index < -0.39 is 0 Å². The highest BCUT2D eigenvalue weighted by atomic mass is 16.5. The summed E-state index contributed by atoms with van der Waals surface area (Å²) >= 11 is 0. The van der Waals surface area contributed by atoms with Crippen molar-refractivity contribution >= 4 is 6.08 Å². The van der Waals surface area contributed by atoms with Crippen LogP contribution in [0.3, 0.4) is 0 Å². The maximum atomic E-state index is 9.66. The zero-order valence-electron chi connectivity index (χ0n) is 13.2. The minimum atomic E-state index is 0.142. The van der Waals surface area contributed by atoms with Gasteiger partial charge in [-0.3, -0.25) is 0 Å². The lowest BCUT2D eigenvalue weighted by Gasteiger charge is -2.31. The molecule has 2 rings (SSSR count). The Morgan fingerprint density at radius 3 is 2.48 bits per heavy atom. The van der Waals surface area contributed by atoms with Gasteiger partial charge in [-0.15, -0.1) is 0 Å². The van der Waals surface area contributed by atoms with E-state index in [-0.39, 0.29) is 5.41 Å². The first-order valence-corrected chi connectivity index (χ1v) is 7.77. The summed E-state index contributed by atoms with van der Waals surface area (Å²) in [5, 5.41) is 9.66. The summed E-state index contributed by atoms with van der Waals surface area (Å²) in [6.07, 6.45) is 9.16. The number of ether oxygens (including phenoxy) is 1. The first-order valence-electron chi connectivity index (χ1n) is 7.77. The van der Waals surface area contributed by atoms with Gasteiger partial charge >= 0.3 is 0 Å². The van der Waals surface area contributed by atoms with Gasteiger partial charge in [0, 0.05) is 25.1 Å². The van der Waals surface area contributed by atoms with E-state index in [1.807, 2.05) is 12.1 Å². The van der Waals surface area contributed by atoms with Crippen molar-refractivity contribution in [3.05, 3.63) is 35.9 Å². The summed E-state index contributed by atoms with van der Waals surface area (Å²) in [5.74, 6) is 0.885. The molecule has 1 aromatic rings. The molecule has 0 spiro atoms. The monoisotopic (exact) mass is 289 g/mol. The van der Waals surface area contributed by atoms with Crippen molar-refractivity contribution in [2.45, 2.75) is 25.7 Å². The summed E-state index contributed by atoms with van der Waals surface area (Å²) in [4.78, 5) is 2.31. The third kappa shape index (κ3) is 4.58. The van der Waals surface area contributed by atoms with Crippen LogP contribution in [-0.2, 0) is 0 Å². The molecule has 0 aromatic heterocycles. The van der Waals surface area contributed by atoms with Crippen molar-refractivity contribution in [2.75, 3.05) is 33.9 Å². The molecule has 3 heteroatoms. The molecule has 1 aromatic carbocycles. The van der Waals surface area contributed by atoms with E-state index in [0.717, 1.165) is 31.7 Å². The largest absolute Gasteiger partial charge is 0.497 e. The standard InChI is InChI=1S/C18H27NO2/c1-19(14-18(15-20)11-3-4-12-18)13-5-6-16-7-9-17(21-2)10-8-16/h5-10,20H,3-4,11-15H2,1-2H3/b6-5+. The fraction of sp³-hybridized carbons (Fsp3) is 0.556. The van der Waals surface area contributed by atoms with Crippen molar-refractivity contribution in [2.24, 2.45) is 5.41 Å². The Hall–Kier alpha value is -1.32. The Bertz CT molecular complexity index is 447. The van der Waals surface area contributed by atoms with E-state index >= 15 is 0 Å². The van der Waals surface area contributed by atoms with Crippen molar-refractivity contribution in [1.29, 1.82) is 0 Å². The van der Waals surface area contributed by atoms with Gasteiger partial charge in [-0.1, -0.05) is 37.1 Å². The first-order chi connectivity index (χ1) is 10.2. The smallest absolute Gasteiger partial charge is 0.118 e. The molecule has 3 nitrogen and oxygen atoms in total. The highest BCUT2D eigenvalue weighted by Crippen LogP contribution is 2.38. The minimum absolute atomic E-state index is 0.142. The average Bonchev–Trinajstić information content (AvgIpc) is 2.97. The van der Waals surface area contributed by atoms with E-state index in [1.165, 1.54) is 18.4 Å². The molecular formula is C18H27NO2. The molecule has 1 aliphatic rings. The molecule has 0 aliphatic heterocycles. The number of rotatable bonds is 7. The summed E-state index contributed by atoms with van der Waals surface area (Å²) in [6.45, 7) is 2.21. The van der Waals surface area contributed by atoms with Gasteiger partial charge in [0.05, 0.1) is 7.11 Å². The second-order valence-corrected chi connectivity index (χ2v) is 6.24. The molecule has 0 saturated heterocycles. The third-order valence-electron chi connectivity index (χ3n) is 4.45. The number of benzene rings is 1.